The van der Waals surface area contributed by atoms with E-state index >= 15 is 0 Å². The van der Waals surface area contributed by atoms with Crippen LogP contribution in [0.5, 0.6) is 0 Å². The predicted octanol–water partition coefficient (Wildman–Crippen LogP) is 2.79. The van der Waals surface area contributed by atoms with Gasteiger partial charge in [-0.15, -0.1) is 0 Å². The van der Waals surface area contributed by atoms with Gasteiger partial charge in [0.1, 0.15) is 5.60 Å². The molecular weight excluding hydrogens is 256 g/mol. The highest BCUT2D eigenvalue weighted by Gasteiger charge is 2.16. The minimum atomic E-state index is -0.473. The minimum Gasteiger partial charge on any atom is -0.444 e. The van der Waals surface area contributed by atoms with Crippen molar-refractivity contribution in [2.24, 2.45) is 0 Å². The molecule has 0 saturated carbocycles. The maximum Gasteiger partial charge on any atom is 0.407 e. The van der Waals surface area contributed by atoms with Gasteiger partial charge in [0.05, 0.1) is 11.9 Å². The van der Waals surface area contributed by atoms with Gasteiger partial charge in [-0.05, 0) is 41.5 Å². The van der Waals surface area contributed by atoms with Gasteiger partial charge < -0.3 is 15.4 Å². The van der Waals surface area contributed by atoms with Crippen LogP contribution in [0, 0.1) is 0 Å². The molecule has 0 fully saturated rings. The lowest BCUT2D eigenvalue weighted by atomic mass is 10.2. The molecule has 1 atom stereocenters. The van der Waals surface area contributed by atoms with E-state index in [1.807, 2.05) is 38.6 Å². The van der Waals surface area contributed by atoms with Gasteiger partial charge in [0.2, 0.25) is 0 Å². The molecule has 1 aromatic rings. The van der Waals surface area contributed by atoms with Crippen LogP contribution in [-0.2, 0) is 4.74 Å². The molecule has 1 amide bonds. The maximum absolute atomic E-state index is 11.5. The summed E-state index contributed by atoms with van der Waals surface area (Å²) in [6.07, 6.45) is 3.34. The van der Waals surface area contributed by atoms with Gasteiger partial charge in [-0.3, -0.25) is 4.68 Å². The predicted molar refractivity (Wildman–Crippen MR) is 79.9 cm³/mol. The molecule has 0 bridgehead atoms. The quantitative estimate of drug-likeness (QED) is 0.871. The third kappa shape index (κ3) is 5.95. The molecule has 114 valence electrons. The van der Waals surface area contributed by atoms with Crippen LogP contribution in [0.3, 0.4) is 0 Å². The van der Waals surface area contributed by atoms with Crippen LogP contribution >= 0.6 is 0 Å². The Morgan fingerprint density at radius 1 is 1.40 bits per heavy atom. The van der Waals surface area contributed by atoms with Crippen LogP contribution in [0.1, 0.15) is 47.6 Å². The molecular formula is C14H26N4O2. The summed E-state index contributed by atoms with van der Waals surface area (Å²) in [6, 6.07) is 0.424. The zero-order valence-electron chi connectivity index (χ0n) is 13.2. The molecule has 1 heterocycles. The Kier molecular flexibility index (Phi) is 5.42. The molecule has 20 heavy (non-hydrogen) atoms. The first-order valence-corrected chi connectivity index (χ1v) is 6.95. The monoisotopic (exact) mass is 282 g/mol. The molecule has 0 aliphatic heterocycles. The minimum absolute atomic E-state index is 0.0901. The highest BCUT2D eigenvalue weighted by Crippen LogP contribution is 2.11. The Labute approximate surface area is 120 Å². The Bertz CT molecular complexity index is 435. The van der Waals surface area contributed by atoms with Crippen molar-refractivity contribution >= 4 is 11.8 Å². The molecule has 1 aromatic heterocycles. The fraction of sp³-hybridized carbons (Fsp3) is 0.714. The smallest absolute Gasteiger partial charge is 0.407 e. The first kappa shape index (κ1) is 16.3. The maximum atomic E-state index is 11.5. The molecule has 1 unspecified atom stereocenters. The fourth-order valence-electron chi connectivity index (χ4n) is 1.58. The lowest BCUT2D eigenvalue weighted by Gasteiger charge is -2.21. The van der Waals surface area contributed by atoms with Crippen molar-refractivity contribution in [3.05, 3.63) is 12.4 Å². The number of rotatable bonds is 5. The van der Waals surface area contributed by atoms with Crippen molar-refractivity contribution in [2.75, 3.05) is 11.9 Å². The van der Waals surface area contributed by atoms with Gasteiger partial charge in [0.15, 0.2) is 0 Å². The fourth-order valence-corrected chi connectivity index (χ4v) is 1.58. The van der Waals surface area contributed by atoms with E-state index in [1.165, 1.54) is 0 Å². The number of nitrogens with one attached hydrogen (secondary N) is 2. The first-order chi connectivity index (χ1) is 9.17. The highest BCUT2D eigenvalue weighted by molar-refractivity contribution is 5.67. The molecule has 2 N–H and O–H groups in total. The number of carbonyl (C=O) groups is 1. The summed E-state index contributed by atoms with van der Waals surface area (Å²) in [6.45, 7) is 12.2. The number of nitrogens with zero attached hydrogens (tertiary/aromatic N) is 2. The second-order valence-corrected chi connectivity index (χ2v) is 6.23. The van der Waals surface area contributed by atoms with Gasteiger partial charge >= 0.3 is 6.09 Å². The number of alkyl carbamates (subject to hydrolysis) is 1. The van der Waals surface area contributed by atoms with Crippen LogP contribution in [-0.4, -0.2) is 34.1 Å². The molecule has 1 rings (SSSR count). The van der Waals surface area contributed by atoms with Gasteiger partial charge in [-0.25, -0.2) is 4.79 Å². The third-order valence-electron chi connectivity index (χ3n) is 2.50. The van der Waals surface area contributed by atoms with Crippen LogP contribution < -0.4 is 10.6 Å². The summed E-state index contributed by atoms with van der Waals surface area (Å²) in [5, 5.41) is 10.3. The summed E-state index contributed by atoms with van der Waals surface area (Å²) in [5.74, 6) is 0. The molecule has 6 nitrogen and oxygen atoms in total. The molecule has 0 spiro atoms. The van der Waals surface area contributed by atoms with E-state index in [1.54, 1.807) is 6.20 Å². The largest absolute Gasteiger partial charge is 0.444 e. The van der Waals surface area contributed by atoms with Crippen LogP contribution in [0.15, 0.2) is 12.4 Å². The number of amides is 1. The van der Waals surface area contributed by atoms with Gasteiger partial charge in [0, 0.05) is 24.8 Å². The highest BCUT2D eigenvalue weighted by atomic mass is 16.6. The second kappa shape index (κ2) is 6.63. The molecule has 0 radical (unpaired) electrons. The average Bonchev–Trinajstić information content (AvgIpc) is 2.72. The number of aromatic nitrogens is 2. The summed E-state index contributed by atoms with van der Waals surface area (Å²) in [4.78, 5) is 11.5. The lowest BCUT2D eigenvalue weighted by molar-refractivity contribution is 0.0526. The van der Waals surface area contributed by atoms with Crippen molar-refractivity contribution in [1.29, 1.82) is 0 Å². The Hall–Kier alpha value is -1.72. The zero-order valence-corrected chi connectivity index (χ0v) is 13.2. The van der Waals surface area contributed by atoms with Gasteiger partial charge in [-0.2, -0.15) is 5.10 Å². The number of ether oxygens (including phenoxy) is 1. The number of carbonyl (C=O) groups excluding carboxylic acids is 1. The van der Waals surface area contributed by atoms with E-state index in [2.05, 4.69) is 29.6 Å². The number of anilines is 1. The summed E-state index contributed by atoms with van der Waals surface area (Å²) in [7, 11) is 0. The summed E-state index contributed by atoms with van der Waals surface area (Å²) >= 11 is 0. The van der Waals surface area contributed by atoms with Crippen molar-refractivity contribution < 1.29 is 9.53 Å². The van der Waals surface area contributed by atoms with E-state index in [9.17, 15) is 4.79 Å². The van der Waals surface area contributed by atoms with Crippen LogP contribution in [0.2, 0.25) is 0 Å². The van der Waals surface area contributed by atoms with E-state index in [0.717, 1.165) is 5.69 Å². The van der Waals surface area contributed by atoms with Gasteiger partial charge in [-0.1, -0.05) is 0 Å². The summed E-state index contributed by atoms with van der Waals surface area (Å²) < 4.78 is 7.06. The van der Waals surface area contributed by atoms with E-state index < -0.39 is 11.7 Å². The molecule has 0 aliphatic rings. The average molecular weight is 282 g/mol. The SMILES string of the molecule is CC(CNC(=O)OC(C)(C)C)Nc1cnn(C(C)C)c1. The van der Waals surface area contributed by atoms with Crippen molar-refractivity contribution in [1.82, 2.24) is 15.1 Å². The van der Waals surface area contributed by atoms with Crippen molar-refractivity contribution in [3.8, 4) is 0 Å². The standard InChI is InChI=1S/C14H26N4O2/c1-10(2)18-9-12(8-16-18)17-11(3)7-15-13(19)20-14(4,5)6/h8-11,17H,7H2,1-6H3,(H,15,19). The third-order valence-corrected chi connectivity index (χ3v) is 2.50. The van der Waals surface area contributed by atoms with Crippen LogP contribution in [0.25, 0.3) is 0 Å². The number of hydrogen-bond acceptors (Lipinski definition) is 4. The van der Waals surface area contributed by atoms with Crippen LogP contribution in [0.4, 0.5) is 10.5 Å². The summed E-state index contributed by atoms with van der Waals surface area (Å²) in [5.41, 5.74) is 0.469. The number of hydrogen-bond donors (Lipinski definition) is 2. The van der Waals surface area contributed by atoms with Crippen molar-refractivity contribution in [2.45, 2.75) is 59.2 Å². The second-order valence-electron chi connectivity index (χ2n) is 6.23. The van der Waals surface area contributed by atoms with E-state index in [0.29, 0.717) is 12.6 Å². The molecule has 0 aromatic carbocycles. The van der Waals surface area contributed by atoms with Gasteiger partial charge in [0.25, 0.3) is 0 Å². The molecule has 0 aliphatic carbocycles. The van der Waals surface area contributed by atoms with E-state index in [4.69, 9.17) is 4.74 Å². The lowest BCUT2D eigenvalue weighted by Crippen LogP contribution is -2.38. The van der Waals surface area contributed by atoms with E-state index in [-0.39, 0.29) is 6.04 Å². The Morgan fingerprint density at radius 2 is 2.05 bits per heavy atom. The molecule has 6 heteroatoms. The first-order valence-electron chi connectivity index (χ1n) is 6.95. The topological polar surface area (TPSA) is 68.2 Å². The zero-order chi connectivity index (χ0) is 15.3. The molecule has 0 saturated heterocycles. The van der Waals surface area contributed by atoms with Crippen molar-refractivity contribution in [3.63, 3.8) is 0 Å². The normalized spacial score (nSPS) is 13.2. The Balaban J connectivity index is 2.36. The Morgan fingerprint density at radius 3 is 2.55 bits per heavy atom.